The van der Waals surface area contributed by atoms with Gasteiger partial charge in [0.05, 0.1) is 0 Å². The zero-order valence-corrected chi connectivity index (χ0v) is 24.1. The molecule has 0 saturated heterocycles. The van der Waals surface area contributed by atoms with Gasteiger partial charge in [0.2, 0.25) is 5.91 Å². The lowest BCUT2D eigenvalue weighted by atomic mass is 9.95. The summed E-state index contributed by atoms with van der Waals surface area (Å²) in [7, 11) is 1.53. The number of carbonyl (C=O) groups excluding carboxylic acids is 2. The molecule has 0 saturated carbocycles. The van der Waals surface area contributed by atoms with Gasteiger partial charge in [-0.1, -0.05) is 112 Å². The molecule has 3 aromatic rings. The van der Waals surface area contributed by atoms with Crippen LogP contribution >= 0.6 is 0 Å². The minimum absolute atomic E-state index is 0.109. The maximum absolute atomic E-state index is 13.6. The van der Waals surface area contributed by atoms with Crippen molar-refractivity contribution in [1.82, 2.24) is 10.2 Å². The lowest BCUT2D eigenvalue weighted by molar-refractivity contribution is -0.143. The molecule has 0 radical (unpaired) electrons. The molecular formula is C34H40N2O5. The van der Waals surface area contributed by atoms with E-state index in [4.69, 9.17) is 4.74 Å². The van der Waals surface area contributed by atoms with E-state index in [-0.39, 0.29) is 24.9 Å². The summed E-state index contributed by atoms with van der Waals surface area (Å²) in [5, 5.41) is 12.6. The van der Waals surface area contributed by atoms with Gasteiger partial charge in [0.15, 0.2) is 0 Å². The van der Waals surface area contributed by atoms with Crippen LogP contribution in [0.15, 0.2) is 78.9 Å². The zero-order valence-electron chi connectivity index (χ0n) is 24.1. The molecule has 2 amide bonds. The van der Waals surface area contributed by atoms with Crippen LogP contribution in [0, 0.1) is 5.92 Å². The summed E-state index contributed by atoms with van der Waals surface area (Å²) in [4.78, 5) is 40.3. The first kappa shape index (κ1) is 29.8. The summed E-state index contributed by atoms with van der Waals surface area (Å²) in [5.74, 6) is -1.56. The average molecular weight is 557 g/mol. The number of unbranched alkanes of at least 4 members (excludes halogenated alkanes) is 1. The van der Waals surface area contributed by atoms with Crippen LogP contribution in [0.5, 0.6) is 0 Å². The summed E-state index contributed by atoms with van der Waals surface area (Å²) in [6.45, 7) is 4.22. The minimum atomic E-state index is -1.08. The number of amides is 2. The number of hydrogen-bond donors (Lipinski definition) is 2. The molecule has 0 spiro atoms. The molecule has 3 aromatic carbocycles. The number of carboxylic acids is 1. The second kappa shape index (κ2) is 14.0. The molecule has 7 nitrogen and oxygen atoms in total. The molecule has 0 heterocycles. The molecule has 41 heavy (non-hydrogen) atoms. The van der Waals surface area contributed by atoms with E-state index >= 15 is 0 Å². The number of likely N-dealkylation sites (N-methyl/N-ethyl adjacent to an activating group) is 1. The molecule has 4 rings (SSSR count). The normalized spacial score (nSPS) is 14.3. The van der Waals surface area contributed by atoms with Crippen LogP contribution in [0.3, 0.4) is 0 Å². The molecule has 0 bridgehead atoms. The quantitative estimate of drug-likeness (QED) is 0.259. The fourth-order valence-corrected chi connectivity index (χ4v) is 5.63. The van der Waals surface area contributed by atoms with Crippen LogP contribution in [-0.4, -0.2) is 53.7 Å². The highest BCUT2D eigenvalue weighted by molar-refractivity contribution is 5.89. The Morgan fingerprint density at radius 3 is 2.10 bits per heavy atom. The van der Waals surface area contributed by atoms with Gasteiger partial charge in [-0.25, -0.2) is 9.59 Å². The summed E-state index contributed by atoms with van der Waals surface area (Å²) in [6, 6.07) is 23.6. The van der Waals surface area contributed by atoms with E-state index in [0.717, 1.165) is 47.1 Å². The first-order valence-corrected chi connectivity index (χ1v) is 14.4. The third-order valence-corrected chi connectivity index (χ3v) is 7.97. The maximum Gasteiger partial charge on any atom is 0.410 e. The highest BCUT2D eigenvalue weighted by atomic mass is 16.6. The Bertz CT molecular complexity index is 1300. The zero-order chi connectivity index (χ0) is 29.4. The smallest absolute Gasteiger partial charge is 0.410 e. The summed E-state index contributed by atoms with van der Waals surface area (Å²) >= 11 is 0. The fraction of sp³-hybridized carbons (Fsp3) is 0.382. The van der Waals surface area contributed by atoms with Gasteiger partial charge in [-0.2, -0.15) is 0 Å². The fourth-order valence-electron chi connectivity index (χ4n) is 5.63. The number of ether oxygens (including phenoxy) is 1. The number of rotatable bonds is 13. The number of fused-ring (bicyclic) bond motifs is 3. The molecule has 216 valence electrons. The second-order valence-corrected chi connectivity index (χ2v) is 11.0. The standard InChI is InChI=1S/C34H40N2O5/c1-4-5-13-23(2)20-30(33(38)39)35-32(37)31(21-24-14-7-6-8-15-24)36(3)34(40)41-22-29-27-18-11-9-16-25(27)26-17-10-12-19-28(26)29/h6-12,14-19,23,29-31H,4-5,13,20-22H2,1-3H3,(H,35,37)(H,38,39)/t23-,30+,31+/m1/s1. The molecule has 1 aliphatic rings. The molecule has 2 N–H and O–H groups in total. The van der Waals surface area contributed by atoms with Crippen molar-refractivity contribution in [2.45, 2.75) is 64.0 Å². The van der Waals surface area contributed by atoms with E-state index in [1.165, 1.54) is 11.9 Å². The lowest BCUT2D eigenvalue weighted by Gasteiger charge is -2.29. The van der Waals surface area contributed by atoms with E-state index in [2.05, 4.69) is 36.5 Å². The van der Waals surface area contributed by atoms with Crippen molar-refractivity contribution >= 4 is 18.0 Å². The average Bonchev–Trinajstić information content (AvgIpc) is 3.30. The van der Waals surface area contributed by atoms with Crippen molar-refractivity contribution in [3.05, 3.63) is 95.6 Å². The van der Waals surface area contributed by atoms with Crippen molar-refractivity contribution in [3.8, 4) is 11.1 Å². The number of hydrogen-bond acceptors (Lipinski definition) is 4. The van der Waals surface area contributed by atoms with Gasteiger partial charge in [0.25, 0.3) is 0 Å². The Labute approximate surface area is 242 Å². The van der Waals surface area contributed by atoms with Gasteiger partial charge in [0, 0.05) is 19.4 Å². The highest BCUT2D eigenvalue weighted by Gasteiger charge is 2.34. The molecule has 0 aromatic heterocycles. The molecule has 3 atom stereocenters. The molecule has 1 aliphatic carbocycles. The maximum atomic E-state index is 13.6. The van der Waals surface area contributed by atoms with E-state index in [9.17, 15) is 19.5 Å². The van der Waals surface area contributed by atoms with Crippen molar-refractivity contribution in [2.75, 3.05) is 13.7 Å². The number of nitrogens with one attached hydrogen (secondary N) is 1. The minimum Gasteiger partial charge on any atom is -0.480 e. The second-order valence-electron chi connectivity index (χ2n) is 11.0. The van der Waals surface area contributed by atoms with Crippen LogP contribution in [0.2, 0.25) is 0 Å². The van der Waals surface area contributed by atoms with Crippen molar-refractivity contribution < 1.29 is 24.2 Å². The Morgan fingerprint density at radius 2 is 1.51 bits per heavy atom. The largest absolute Gasteiger partial charge is 0.480 e. The van der Waals surface area contributed by atoms with Crippen molar-refractivity contribution in [3.63, 3.8) is 0 Å². The molecule has 0 fully saturated rings. The number of nitrogens with zero attached hydrogens (tertiary/aromatic N) is 1. The van der Waals surface area contributed by atoms with Gasteiger partial charge < -0.3 is 15.2 Å². The van der Waals surface area contributed by atoms with E-state index in [1.807, 2.05) is 61.5 Å². The SMILES string of the molecule is CCCC[C@@H](C)C[C@H](NC(=O)[C@H](Cc1ccccc1)N(C)C(=O)OCC1c2ccccc2-c2ccccc21)C(=O)O. The Hall–Kier alpha value is -4.13. The first-order chi connectivity index (χ1) is 19.8. The lowest BCUT2D eigenvalue weighted by Crippen LogP contribution is -2.53. The van der Waals surface area contributed by atoms with Crippen molar-refractivity contribution in [2.24, 2.45) is 5.92 Å². The van der Waals surface area contributed by atoms with E-state index in [0.29, 0.717) is 6.42 Å². The van der Waals surface area contributed by atoms with Gasteiger partial charge in [0.1, 0.15) is 18.7 Å². The predicted molar refractivity (Wildman–Crippen MR) is 160 cm³/mol. The van der Waals surface area contributed by atoms with Gasteiger partial charge in [-0.05, 0) is 40.2 Å². The van der Waals surface area contributed by atoms with Crippen LogP contribution in [-0.2, 0) is 20.7 Å². The summed E-state index contributed by atoms with van der Waals surface area (Å²) in [5.41, 5.74) is 5.32. The monoisotopic (exact) mass is 556 g/mol. The predicted octanol–water partition coefficient (Wildman–Crippen LogP) is 6.26. The van der Waals surface area contributed by atoms with Crippen LogP contribution in [0.25, 0.3) is 11.1 Å². The van der Waals surface area contributed by atoms with Crippen LogP contribution in [0.4, 0.5) is 4.79 Å². The number of carboxylic acid groups (broad SMARTS) is 1. The van der Waals surface area contributed by atoms with Crippen LogP contribution in [0.1, 0.15) is 62.1 Å². The third-order valence-electron chi connectivity index (χ3n) is 7.97. The number of benzene rings is 3. The first-order valence-electron chi connectivity index (χ1n) is 14.4. The Balaban J connectivity index is 1.49. The molecule has 0 unspecified atom stereocenters. The summed E-state index contributed by atoms with van der Waals surface area (Å²) < 4.78 is 5.82. The molecular weight excluding hydrogens is 516 g/mol. The number of carbonyl (C=O) groups is 3. The Kier molecular flexibility index (Phi) is 10.2. The van der Waals surface area contributed by atoms with Gasteiger partial charge >= 0.3 is 12.1 Å². The summed E-state index contributed by atoms with van der Waals surface area (Å²) in [6.07, 6.45) is 2.84. The van der Waals surface area contributed by atoms with Gasteiger partial charge in [-0.3, -0.25) is 9.69 Å². The highest BCUT2D eigenvalue weighted by Crippen LogP contribution is 2.44. The van der Waals surface area contributed by atoms with E-state index < -0.39 is 30.1 Å². The van der Waals surface area contributed by atoms with Crippen LogP contribution < -0.4 is 5.32 Å². The topological polar surface area (TPSA) is 95.9 Å². The molecule has 0 aliphatic heterocycles. The molecule has 7 heteroatoms. The van der Waals surface area contributed by atoms with Crippen molar-refractivity contribution in [1.29, 1.82) is 0 Å². The van der Waals surface area contributed by atoms with E-state index in [1.54, 1.807) is 0 Å². The van der Waals surface area contributed by atoms with Gasteiger partial charge in [-0.15, -0.1) is 0 Å². The Morgan fingerprint density at radius 1 is 0.927 bits per heavy atom. The number of aliphatic carboxylic acids is 1. The third kappa shape index (κ3) is 7.34.